The van der Waals surface area contributed by atoms with E-state index in [1.807, 2.05) is 13.0 Å². The highest BCUT2D eigenvalue weighted by Crippen LogP contribution is 2.16. The minimum Gasteiger partial charge on any atom is -0.467 e. The Hall–Kier alpha value is -0.770. The topological polar surface area (TPSA) is 42.2 Å². The predicted molar refractivity (Wildman–Crippen MR) is 58.3 cm³/mol. The van der Waals surface area contributed by atoms with Gasteiger partial charge < -0.3 is 9.73 Å². The molecule has 1 heterocycles. The molecule has 1 amide bonds. The average molecular weight is 260 g/mol. The molecule has 0 bridgehead atoms. The predicted octanol–water partition coefficient (Wildman–Crippen LogP) is 2.38. The van der Waals surface area contributed by atoms with Crippen LogP contribution in [-0.2, 0) is 11.3 Å². The zero-order chi connectivity index (χ0) is 10.8. The lowest BCUT2D eigenvalue weighted by Crippen LogP contribution is -2.37. The first-order valence-corrected chi connectivity index (χ1v) is 5.21. The van der Waals surface area contributed by atoms with Gasteiger partial charge in [0.1, 0.15) is 5.76 Å². The molecule has 0 saturated heterocycles. The standard InChI is InChI=1S/C10H14BrNO2/c1-7-4-5-14-8(7)6-12-9(13)10(2,3)11/h4-5H,6H2,1-3H3,(H,12,13). The fourth-order valence-corrected chi connectivity index (χ4v) is 1.10. The van der Waals surface area contributed by atoms with Crippen LogP contribution in [0.3, 0.4) is 0 Å². The van der Waals surface area contributed by atoms with Gasteiger partial charge in [-0.05, 0) is 32.4 Å². The summed E-state index contributed by atoms with van der Waals surface area (Å²) in [6.07, 6.45) is 1.62. The van der Waals surface area contributed by atoms with Crippen LogP contribution in [0.4, 0.5) is 0 Å². The molecule has 1 N–H and O–H groups in total. The number of aryl methyl sites for hydroxylation is 1. The summed E-state index contributed by atoms with van der Waals surface area (Å²) in [5.41, 5.74) is 1.05. The summed E-state index contributed by atoms with van der Waals surface area (Å²) in [6, 6.07) is 1.88. The second-order valence-electron chi connectivity index (χ2n) is 3.68. The van der Waals surface area contributed by atoms with Crippen molar-refractivity contribution >= 4 is 21.8 Å². The van der Waals surface area contributed by atoms with Gasteiger partial charge in [0.05, 0.1) is 17.1 Å². The van der Waals surface area contributed by atoms with Crippen LogP contribution in [0.2, 0.25) is 0 Å². The van der Waals surface area contributed by atoms with Crippen molar-refractivity contribution < 1.29 is 9.21 Å². The van der Waals surface area contributed by atoms with Crippen LogP contribution in [0.25, 0.3) is 0 Å². The largest absolute Gasteiger partial charge is 0.467 e. The summed E-state index contributed by atoms with van der Waals surface area (Å²) in [7, 11) is 0. The van der Waals surface area contributed by atoms with E-state index in [0.717, 1.165) is 11.3 Å². The van der Waals surface area contributed by atoms with Crippen LogP contribution in [0, 0.1) is 6.92 Å². The van der Waals surface area contributed by atoms with Gasteiger partial charge in [0.15, 0.2) is 0 Å². The number of hydrogen-bond donors (Lipinski definition) is 1. The number of nitrogens with one attached hydrogen (secondary N) is 1. The lowest BCUT2D eigenvalue weighted by Gasteiger charge is -2.15. The van der Waals surface area contributed by atoms with E-state index in [1.54, 1.807) is 20.1 Å². The molecule has 0 aliphatic rings. The van der Waals surface area contributed by atoms with Crippen molar-refractivity contribution in [3.8, 4) is 0 Å². The Kier molecular flexibility index (Phi) is 3.37. The van der Waals surface area contributed by atoms with Crippen molar-refractivity contribution in [2.24, 2.45) is 0 Å². The van der Waals surface area contributed by atoms with Crippen LogP contribution < -0.4 is 5.32 Å². The zero-order valence-corrected chi connectivity index (χ0v) is 10.1. The van der Waals surface area contributed by atoms with Crippen LogP contribution >= 0.6 is 15.9 Å². The molecule has 1 aromatic rings. The van der Waals surface area contributed by atoms with Crippen molar-refractivity contribution in [1.29, 1.82) is 0 Å². The van der Waals surface area contributed by atoms with Gasteiger partial charge >= 0.3 is 0 Å². The maximum absolute atomic E-state index is 11.5. The molecule has 3 nitrogen and oxygen atoms in total. The van der Waals surface area contributed by atoms with Gasteiger partial charge in [-0.15, -0.1) is 0 Å². The summed E-state index contributed by atoms with van der Waals surface area (Å²) in [5.74, 6) is 0.753. The molecule has 0 spiro atoms. The third kappa shape index (κ3) is 2.87. The van der Waals surface area contributed by atoms with E-state index in [0.29, 0.717) is 6.54 Å². The van der Waals surface area contributed by atoms with Gasteiger partial charge in [-0.2, -0.15) is 0 Å². The molecule has 0 aliphatic heterocycles. The quantitative estimate of drug-likeness (QED) is 0.848. The molecule has 1 rings (SSSR count). The van der Waals surface area contributed by atoms with Crippen molar-refractivity contribution in [2.75, 3.05) is 0 Å². The summed E-state index contributed by atoms with van der Waals surface area (Å²) in [4.78, 5) is 11.5. The monoisotopic (exact) mass is 259 g/mol. The zero-order valence-electron chi connectivity index (χ0n) is 8.56. The van der Waals surface area contributed by atoms with Crippen LogP contribution in [0.5, 0.6) is 0 Å². The van der Waals surface area contributed by atoms with E-state index < -0.39 is 4.32 Å². The molecule has 0 aromatic carbocycles. The average Bonchev–Trinajstić information content (AvgIpc) is 2.45. The molecule has 0 radical (unpaired) electrons. The highest BCUT2D eigenvalue weighted by Gasteiger charge is 2.23. The van der Waals surface area contributed by atoms with E-state index in [-0.39, 0.29) is 5.91 Å². The molecular formula is C10H14BrNO2. The van der Waals surface area contributed by atoms with Crippen molar-refractivity contribution in [3.63, 3.8) is 0 Å². The molecule has 0 unspecified atom stereocenters. The molecule has 14 heavy (non-hydrogen) atoms. The second kappa shape index (κ2) is 4.17. The number of furan rings is 1. The fraction of sp³-hybridized carbons (Fsp3) is 0.500. The molecule has 0 saturated carbocycles. The lowest BCUT2D eigenvalue weighted by molar-refractivity contribution is -0.122. The number of halogens is 1. The molecule has 4 heteroatoms. The van der Waals surface area contributed by atoms with Crippen LogP contribution in [-0.4, -0.2) is 10.2 Å². The Morgan fingerprint density at radius 1 is 1.64 bits per heavy atom. The number of carbonyl (C=O) groups excluding carboxylic acids is 1. The van der Waals surface area contributed by atoms with Crippen molar-refractivity contribution in [2.45, 2.75) is 31.6 Å². The number of rotatable bonds is 3. The minimum absolute atomic E-state index is 0.0479. The van der Waals surface area contributed by atoms with Crippen molar-refractivity contribution in [1.82, 2.24) is 5.32 Å². The molecular weight excluding hydrogens is 246 g/mol. The van der Waals surface area contributed by atoms with Crippen LogP contribution in [0.15, 0.2) is 16.7 Å². The van der Waals surface area contributed by atoms with Gasteiger partial charge in [-0.25, -0.2) is 0 Å². The number of hydrogen-bond acceptors (Lipinski definition) is 2. The van der Waals surface area contributed by atoms with E-state index >= 15 is 0 Å². The third-order valence-electron chi connectivity index (χ3n) is 1.92. The number of carbonyl (C=O) groups is 1. The van der Waals surface area contributed by atoms with Gasteiger partial charge in [0.25, 0.3) is 0 Å². The number of alkyl halides is 1. The Balaban J connectivity index is 2.50. The first-order chi connectivity index (χ1) is 6.41. The highest BCUT2D eigenvalue weighted by atomic mass is 79.9. The van der Waals surface area contributed by atoms with Crippen molar-refractivity contribution in [3.05, 3.63) is 23.7 Å². The summed E-state index contributed by atoms with van der Waals surface area (Å²) in [5, 5.41) is 2.79. The fourth-order valence-electron chi connectivity index (χ4n) is 0.956. The molecule has 78 valence electrons. The molecule has 0 fully saturated rings. The molecule has 0 aliphatic carbocycles. The summed E-state index contributed by atoms with van der Waals surface area (Å²) in [6.45, 7) is 5.99. The molecule has 1 aromatic heterocycles. The first-order valence-electron chi connectivity index (χ1n) is 4.41. The SMILES string of the molecule is Cc1ccoc1CNC(=O)C(C)(C)Br. The van der Waals surface area contributed by atoms with Gasteiger partial charge in [0.2, 0.25) is 5.91 Å². The third-order valence-corrected chi connectivity index (χ3v) is 2.28. The highest BCUT2D eigenvalue weighted by molar-refractivity contribution is 9.10. The van der Waals surface area contributed by atoms with Gasteiger partial charge in [0, 0.05) is 0 Å². The van der Waals surface area contributed by atoms with E-state index in [2.05, 4.69) is 21.2 Å². The Morgan fingerprint density at radius 3 is 2.71 bits per heavy atom. The Morgan fingerprint density at radius 2 is 2.29 bits per heavy atom. The first kappa shape index (κ1) is 11.3. The van der Waals surface area contributed by atoms with E-state index in [1.165, 1.54) is 0 Å². The summed E-state index contributed by atoms with van der Waals surface area (Å²) < 4.78 is 4.66. The maximum atomic E-state index is 11.5. The maximum Gasteiger partial charge on any atom is 0.236 e. The van der Waals surface area contributed by atoms with Crippen LogP contribution in [0.1, 0.15) is 25.2 Å². The molecule has 0 atom stereocenters. The van der Waals surface area contributed by atoms with Gasteiger partial charge in [-0.3, -0.25) is 4.79 Å². The normalized spacial score (nSPS) is 11.4. The smallest absolute Gasteiger partial charge is 0.236 e. The van der Waals surface area contributed by atoms with E-state index in [9.17, 15) is 4.79 Å². The second-order valence-corrected chi connectivity index (χ2v) is 5.66. The summed E-state index contributed by atoms with van der Waals surface area (Å²) >= 11 is 3.28. The van der Waals surface area contributed by atoms with Gasteiger partial charge in [-0.1, -0.05) is 15.9 Å². The Bertz CT molecular complexity index is 325. The Labute approximate surface area is 92.0 Å². The van der Waals surface area contributed by atoms with E-state index in [4.69, 9.17) is 4.42 Å². The minimum atomic E-state index is -0.534. The number of amides is 1. The lowest BCUT2D eigenvalue weighted by atomic mass is 10.2.